The average molecular weight is 560 g/mol. The normalized spacial score (nSPS) is 14.8. The summed E-state index contributed by atoms with van der Waals surface area (Å²) in [6.07, 6.45) is 6.17. The first-order chi connectivity index (χ1) is 18.9. The number of rotatable bonds is 6. The van der Waals surface area contributed by atoms with Crippen LogP contribution in [0, 0.1) is 0 Å². The Morgan fingerprint density at radius 3 is 2.41 bits per heavy atom. The van der Waals surface area contributed by atoms with Gasteiger partial charge in [-0.1, -0.05) is 35.3 Å². The van der Waals surface area contributed by atoms with E-state index in [2.05, 4.69) is 14.5 Å². The summed E-state index contributed by atoms with van der Waals surface area (Å²) in [5.74, 6) is -0.459. The van der Waals surface area contributed by atoms with Crippen LogP contribution >= 0.6 is 23.2 Å². The molecule has 0 bridgehead atoms. The van der Waals surface area contributed by atoms with Gasteiger partial charge in [-0.3, -0.25) is 14.5 Å². The maximum atomic E-state index is 13.5. The van der Waals surface area contributed by atoms with Crippen LogP contribution in [0.4, 0.5) is 0 Å². The molecule has 39 heavy (non-hydrogen) atoms. The lowest BCUT2D eigenvalue weighted by Crippen LogP contribution is -2.49. The Hall–Kier alpha value is -3.65. The van der Waals surface area contributed by atoms with Crippen molar-refractivity contribution in [1.82, 2.24) is 19.4 Å². The van der Waals surface area contributed by atoms with Gasteiger partial charge >= 0.3 is 0 Å². The highest BCUT2D eigenvalue weighted by molar-refractivity contribution is 6.42. The monoisotopic (exact) mass is 559 g/mol. The SMILES string of the molecule is NC(=O)c1cc(-c2ccc(Cl)c(Cl)c2)cc2c1Cc1ccc(C(=O)N3CCN(CCn4ccnc4)CC3)cc1-2. The van der Waals surface area contributed by atoms with E-state index in [0.29, 0.717) is 40.7 Å². The smallest absolute Gasteiger partial charge is 0.253 e. The molecule has 1 saturated heterocycles. The maximum Gasteiger partial charge on any atom is 0.253 e. The summed E-state index contributed by atoms with van der Waals surface area (Å²) < 4.78 is 2.07. The van der Waals surface area contributed by atoms with E-state index in [1.165, 1.54) is 0 Å². The van der Waals surface area contributed by atoms with E-state index in [0.717, 1.165) is 59.6 Å². The highest BCUT2D eigenvalue weighted by atomic mass is 35.5. The standard InChI is InChI=1S/C30H27Cl2N5O2/c31-27-4-3-19(17-28(27)32)22-15-24-23-14-21(2-1-20(23)13-25(24)26(16-22)29(33)38)30(39)37-11-9-35(10-12-37)7-8-36-6-5-34-18-36/h1-6,14-18H,7-13H2,(H2,33,38). The minimum Gasteiger partial charge on any atom is -0.366 e. The molecule has 2 heterocycles. The molecule has 1 fully saturated rings. The molecule has 0 saturated carbocycles. The van der Waals surface area contributed by atoms with Crippen LogP contribution in [0.1, 0.15) is 31.8 Å². The number of fused-ring (bicyclic) bond motifs is 3. The topological polar surface area (TPSA) is 84.5 Å². The lowest BCUT2D eigenvalue weighted by atomic mass is 9.93. The predicted octanol–water partition coefficient (Wildman–Crippen LogP) is 4.99. The van der Waals surface area contributed by atoms with Crippen LogP contribution < -0.4 is 5.73 Å². The van der Waals surface area contributed by atoms with Crippen molar-refractivity contribution in [1.29, 1.82) is 0 Å². The summed E-state index contributed by atoms with van der Waals surface area (Å²) in [6.45, 7) is 4.85. The largest absolute Gasteiger partial charge is 0.366 e. The summed E-state index contributed by atoms with van der Waals surface area (Å²) >= 11 is 12.4. The molecule has 0 atom stereocenters. The van der Waals surface area contributed by atoms with Crippen molar-refractivity contribution in [3.05, 3.63) is 99.6 Å². The van der Waals surface area contributed by atoms with Crippen molar-refractivity contribution in [2.75, 3.05) is 32.7 Å². The quantitative estimate of drug-likeness (QED) is 0.318. The summed E-state index contributed by atoms with van der Waals surface area (Å²) in [4.78, 5) is 34.3. The van der Waals surface area contributed by atoms with Crippen LogP contribution in [0.5, 0.6) is 0 Å². The molecular formula is C30H27Cl2N5O2. The summed E-state index contributed by atoms with van der Waals surface area (Å²) in [5.41, 5.74) is 12.4. The molecule has 6 rings (SSSR count). The highest BCUT2D eigenvalue weighted by Crippen LogP contribution is 2.42. The second-order valence-electron chi connectivity index (χ2n) is 10.0. The Morgan fingerprint density at radius 2 is 1.69 bits per heavy atom. The van der Waals surface area contributed by atoms with Crippen molar-refractivity contribution in [3.63, 3.8) is 0 Å². The molecule has 1 aromatic heterocycles. The number of piperazine rings is 1. The third-order valence-corrected chi connectivity index (χ3v) is 8.41. The number of hydrogen-bond donors (Lipinski definition) is 1. The van der Waals surface area contributed by atoms with Crippen LogP contribution in [0.25, 0.3) is 22.3 Å². The Labute approximate surface area is 236 Å². The molecule has 0 radical (unpaired) electrons. The third-order valence-electron chi connectivity index (χ3n) is 7.68. The van der Waals surface area contributed by atoms with Crippen molar-refractivity contribution >= 4 is 35.0 Å². The zero-order valence-electron chi connectivity index (χ0n) is 21.2. The van der Waals surface area contributed by atoms with Gasteiger partial charge in [-0.15, -0.1) is 0 Å². The molecule has 1 aliphatic heterocycles. The molecule has 3 aromatic carbocycles. The fraction of sp³-hybridized carbons (Fsp3) is 0.233. The first-order valence-corrected chi connectivity index (χ1v) is 13.7. The minimum absolute atomic E-state index is 0.0243. The van der Waals surface area contributed by atoms with Crippen molar-refractivity contribution < 1.29 is 9.59 Å². The van der Waals surface area contributed by atoms with Gasteiger partial charge in [0.05, 0.1) is 16.4 Å². The number of aromatic nitrogens is 2. The highest BCUT2D eigenvalue weighted by Gasteiger charge is 2.27. The second kappa shape index (κ2) is 10.5. The van der Waals surface area contributed by atoms with E-state index >= 15 is 0 Å². The number of amides is 2. The lowest BCUT2D eigenvalue weighted by molar-refractivity contribution is 0.0633. The van der Waals surface area contributed by atoms with Gasteiger partial charge in [0, 0.05) is 62.8 Å². The van der Waals surface area contributed by atoms with E-state index in [9.17, 15) is 9.59 Å². The van der Waals surface area contributed by atoms with Crippen molar-refractivity contribution in [2.24, 2.45) is 5.73 Å². The molecule has 4 aromatic rings. The third kappa shape index (κ3) is 5.05. The number of hydrogen-bond acceptors (Lipinski definition) is 4. The summed E-state index contributed by atoms with van der Waals surface area (Å²) in [5, 5.41) is 0.898. The Bertz CT molecular complexity index is 1580. The minimum atomic E-state index is -0.483. The van der Waals surface area contributed by atoms with E-state index < -0.39 is 5.91 Å². The summed E-state index contributed by atoms with van der Waals surface area (Å²) in [6, 6.07) is 15.1. The molecule has 7 nitrogen and oxygen atoms in total. The maximum absolute atomic E-state index is 13.5. The van der Waals surface area contributed by atoms with Gasteiger partial charge in [0.25, 0.3) is 5.91 Å². The van der Waals surface area contributed by atoms with Gasteiger partial charge in [0.1, 0.15) is 0 Å². The number of carbonyl (C=O) groups excluding carboxylic acids is 2. The molecule has 2 amide bonds. The molecule has 1 aliphatic carbocycles. The Morgan fingerprint density at radius 1 is 0.872 bits per heavy atom. The first-order valence-electron chi connectivity index (χ1n) is 12.9. The zero-order valence-corrected chi connectivity index (χ0v) is 22.8. The van der Waals surface area contributed by atoms with E-state index in [-0.39, 0.29) is 5.91 Å². The number of primary amides is 1. The predicted molar refractivity (Wildman–Crippen MR) is 153 cm³/mol. The number of nitrogens with zero attached hydrogens (tertiary/aromatic N) is 4. The van der Waals surface area contributed by atoms with Crippen molar-refractivity contribution in [2.45, 2.75) is 13.0 Å². The first kappa shape index (κ1) is 25.6. The Balaban J connectivity index is 1.24. The lowest BCUT2D eigenvalue weighted by Gasteiger charge is -2.34. The fourth-order valence-electron chi connectivity index (χ4n) is 5.50. The second-order valence-corrected chi connectivity index (χ2v) is 10.8. The number of nitrogens with two attached hydrogens (primary N) is 1. The van der Waals surface area contributed by atoms with Gasteiger partial charge in [-0.25, -0.2) is 4.98 Å². The van der Waals surface area contributed by atoms with Crippen molar-refractivity contribution in [3.8, 4) is 22.3 Å². The molecule has 9 heteroatoms. The van der Waals surface area contributed by atoms with E-state index in [1.807, 2.05) is 53.8 Å². The molecule has 198 valence electrons. The van der Waals surface area contributed by atoms with E-state index in [1.54, 1.807) is 18.3 Å². The number of halogens is 2. The molecule has 2 aliphatic rings. The molecule has 0 unspecified atom stereocenters. The summed E-state index contributed by atoms with van der Waals surface area (Å²) in [7, 11) is 0. The van der Waals surface area contributed by atoms with Crippen LogP contribution in [0.15, 0.2) is 67.3 Å². The van der Waals surface area contributed by atoms with Gasteiger partial charge in [-0.05, 0) is 76.2 Å². The number of carbonyl (C=O) groups is 2. The van der Waals surface area contributed by atoms with Gasteiger partial charge < -0.3 is 15.2 Å². The Kier molecular flexibility index (Phi) is 6.89. The molecule has 0 spiro atoms. The molecule has 2 N–H and O–H groups in total. The average Bonchev–Trinajstić information content (AvgIpc) is 3.60. The molecular weight excluding hydrogens is 533 g/mol. The van der Waals surface area contributed by atoms with Crippen LogP contribution in [-0.4, -0.2) is 63.9 Å². The van der Waals surface area contributed by atoms with Crippen LogP contribution in [-0.2, 0) is 13.0 Å². The van der Waals surface area contributed by atoms with Gasteiger partial charge in [0.2, 0.25) is 5.91 Å². The van der Waals surface area contributed by atoms with Crippen LogP contribution in [0.2, 0.25) is 10.0 Å². The number of benzene rings is 3. The van der Waals surface area contributed by atoms with Crippen LogP contribution in [0.3, 0.4) is 0 Å². The number of imidazole rings is 1. The zero-order chi connectivity index (χ0) is 27.1. The fourth-order valence-corrected chi connectivity index (χ4v) is 5.80. The van der Waals surface area contributed by atoms with Gasteiger partial charge in [-0.2, -0.15) is 0 Å². The van der Waals surface area contributed by atoms with E-state index in [4.69, 9.17) is 28.9 Å². The van der Waals surface area contributed by atoms with Gasteiger partial charge in [0.15, 0.2) is 0 Å².